The van der Waals surface area contributed by atoms with E-state index in [-0.39, 0.29) is 0 Å². The molecule has 0 saturated carbocycles. The van der Waals surface area contributed by atoms with Crippen molar-refractivity contribution in [3.63, 3.8) is 0 Å². The van der Waals surface area contributed by atoms with Crippen LogP contribution in [0.4, 0.5) is 0 Å². The Morgan fingerprint density at radius 2 is 1.02 bits per heavy atom. The molecule has 3 aromatic heterocycles. The van der Waals surface area contributed by atoms with Gasteiger partial charge in [-0.05, 0) is 75.1 Å². The van der Waals surface area contributed by atoms with Crippen LogP contribution in [0, 0.1) is 0 Å². The number of benzene rings is 8. The van der Waals surface area contributed by atoms with E-state index in [1.165, 1.54) is 4.70 Å². The Kier molecular flexibility index (Phi) is 6.97. The zero-order chi connectivity index (χ0) is 35.6. The van der Waals surface area contributed by atoms with Crippen LogP contribution in [0.25, 0.3) is 110 Å². The zero-order valence-electron chi connectivity index (χ0n) is 28.8. The van der Waals surface area contributed by atoms with E-state index >= 15 is 0 Å². The van der Waals surface area contributed by atoms with Gasteiger partial charge in [0.15, 0.2) is 23.1 Å². The molecule has 0 radical (unpaired) electrons. The summed E-state index contributed by atoms with van der Waals surface area (Å²) in [5.41, 5.74) is 7.12. The third kappa shape index (κ3) is 5.07. The predicted molar refractivity (Wildman–Crippen MR) is 222 cm³/mol. The van der Waals surface area contributed by atoms with E-state index in [2.05, 4.69) is 133 Å². The predicted octanol–water partition coefficient (Wildman–Crippen LogP) is 13.0. The average molecular weight is 709 g/mol. The first-order valence-corrected chi connectivity index (χ1v) is 18.7. The molecule has 8 aromatic carbocycles. The highest BCUT2D eigenvalue weighted by Crippen LogP contribution is 2.45. The lowest BCUT2D eigenvalue weighted by atomic mass is 9.95. The lowest BCUT2D eigenvalue weighted by molar-refractivity contribution is 0.620. The van der Waals surface area contributed by atoms with Crippen LogP contribution >= 0.6 is 11.3 Å². The molecule has 54 heavy (non-hydrogen) atoms. The number of nitrogens with zero attached hydrogens (tertiary/aromatic N) is 4. The SMILES string of the molecule is c1ccc(-c2nc3c(-c4nc(-c5ccc6ccccc6c5)nc(-c5cc6ccccc6cc5-c5ccccc5)n4)c4sc5ccccc5c4cc3o2)cc1. The fraction of sp³-hybridized carbons (Fsp3) is 0. The average Bonchev–Trinajstić information content (AvgIpc) is 3.84. The first kappa shape index (κ1) is 30.6. The number of thiophene rings is 1. The van der Waals surface area contributed by atoms with Gasteiger partial charge in [-0.1, -0.05) is 127 Å². The highest BCUT2D eigenvalue weighted by molar-refractivity contribution is 7.26. The van der Waals surface area contributed by atoms with Crippen molar-refractivity contribution in [1.29, 1.82) is 0 Å². The van der Waals surface area contributed by atoms with Crippen LogP contribution in [0.15, 0.2) is 174 Å². The molecule has 11 rings (SSSR count). The Labute approximate surface area is 313 Å². The summed E-state index contributed by atoms with van der Waals surface area (Å²) in [6, 6.07) is 58.8. The van der Waals surface area contributed by atoms with E-state index in [1.807, 2.05) is 36.4 Å². The van der Waals surface area contributed by atoms with Gasteiger partial charge in [0.2, 0.25) is 5.89 Å². The van der Waals surface area contributed by atoms with Crippen LogP contribution in [0.5, 0.6) is 0 Å². The topological polar surface area (TPSA) is 64.7 Å². The van der Waals surface area contributed by atoms with Gasteiger partial charge in [-0.25, -0.2) is 19.9 Å². The smallest absolute Gasteiger partial charge is 0.227 e. The zero-order valence-corrected chi connectivity index (χ0v) is 29.6. The summed E-state index contributed by atoms with van der Waals surface area (Å²) in [7, 11) is 0. The Bertz CT molecular complexity index is 3220. The van der Waals surface area contributed by atoms with Crippen molar-refractivity contribution in [2.75, 3.05) is 0 Å². The summed E-state index contributed by atoms with van der Waals surface area (Å²) < 4.78 is 8.80. The molecule has 0 spiro atoms. The highest BCUT2D eigenvalue weighted by atomic mass is 32.1. The van der Waals surface area contributed by atoms with Gasteiger partial charge in [-0.2, -0.15) is 0 Å². The normalized spacial score (nSPS) is 11.7. The van der Waals surface area contributed by atoms with Crippen LogP contribution in [-0.2, 0) is 0 Å². The maximum atomic E-state index is 6.57. The molecule has 0 N–H and O–H groups in total. The molecule has 0 saturated heterocycles. The summed E-state index contributed by atoms with van der Waals surface area (Å²) in [4.78, 5) is 21.2. The Morgan fingerprint density at radius 3 is 1.80 bits per heavy atom. The van der Waals surface area contributed by atoms with E-state index in [4.69, 9.17) is 24.4 Å². The number of fused-ring (bicyclic) bond motifs is 6. The summed E-state index contributed by atoms with van der Waals surface area (Å²) >= 11 is 1.73. The molecular weight excluding hydrogens is 681 g/mol. The van der Waals surface area contributed by atoms with Gasteiger partial charge in [0, 0.05) is 36.9 Å². The molecule has 0 aliphatic heterocycles. The maximum Gasteiger partial charge on any atom is 0.227 e. The van der Waals surface area contributed by atoms with Crippen LogP contribution in [-0.4, -0.2) is 19.9 Å². The minimum atomic E-state index is 0.547. The van der Waals surface area contributed by atoms with E-state index in [0.717, 1.165) is 75.9 Å². The summed E-state index contributed by atoms with van der Waals surface area (Å²) in [6.45, 7) is 0. The fourth-order valence-electron chi connectivity index (χ4n) is 7.50. The van der Waals surface area contributed by atoms with Gasteiger partial charge in [0.25, 0.3) is 0 Å². The number of oxazole rings is 1. The van der Waals surface area contributed by atoms with Crippen molar-refractivity contribution >= 4 is 64.2 Å². The van der Waals surface area contributed by atoms with Gasteiger partial charge in [-0.15, -0.1) is 11.3 Å². The molecule has 0 fully saturated rings. The highest BCUT2D eigenvalue weighted by Gasteiger charge is 2.24. The molecule has 0 atom stereocenters. The number of hydrogen-bond acceptors (Lipinski definition) is 6. The summed E-state index contributed by atoms with van der Waals surface area (Å²) in [5, 5.41) is 6.77. The van der Waals surface area contributed by atoms with Crippen LogP contribution < -0.4 is 0 Å². The quantitative estimate of drug-likeness (QED) is 0.178. The monoisotopic (exact) mass is 708 g/mol. The Balaban J connectivity index is 1.25. The van der Waals surface area contributed by atoms with Crippen LogP contribution in [0.1, 0.15) is 0 Å². The third-order valence-corrected chi connectivity index (χ3v) is 11.3. The van der Waals surface area contributed by atoms with Gasteiger partial charge < -0.3 is 4.42 Å². The van der Waals surface area contributed by atoms with Crippen molar-refractivity contribution in [1.82, 2.24) is 19.9 Å². The van der Waals surface area contributed by atoms with Gasteiger partial charge in [0.1, 0.15) is 5.52 Å². The molecule has 0 aliphatic rings. The second-order valence-corrected chi connectivity index (χ2v) is 14.5. The fourth-order valence-corrected chi connectivity index (χ4v) is 8.72. The summed E-state index contributed by atoms with van der Waals surface area (Å²) in [6.07, 6.45) is 0. The maximum absolute atomic E-state index is 6.57. The molecule has 6 heteroatoms. The van der Waals surface area contributed by atoms with Crippen LogP contribution in [0.2, 0.25) is 0 Å². The third-order valence-electron chi connectivity index (χ3n) is 10.1. The number of aromatic nitrogens is 4. The molecule has 0 bridgehead atoms. The molecule has 252 valence electrons. The Morgan fingerprint density at radius 1 is 0.407 bits per heavy atom. The van der Waals surface area contributed by atoms with Crippen molar-refractivity contribution in [2.24, 2.45) is 0 Å². The van der Waals surface area contributed by atoms with E-state index in [0.29, 0.717) is 28.9 Å². The first-order valence-electron chi connectivity index (χ1n) is 17.9. The summed E-state index contributed by atoms with van der Waals surface area (Å²) in [5.74, 6) is 2.28. The Hall–Kier alpha value is -7.02. The number of hydrogen-bond donors (Lipinski definition) is 0. The second kappa shape index (κ2) is 12.3. The van der Waals surface area contributed by atoms with Crippen molar-refractivity contribution in [3.05, 3.63) is 170 Å². The van der Waals surface area contributed by atoms with Gasteiger partial charge in [-0.3, -0.25) is 0 Å². The molecule has 0 aliphatic carbocycles. The lowest BCUT2D eigenvalue weighted by Gasteiger charge is -2.14. The molecule has 11 aromatic rings. The van der Waals surface area contributed by atoms with Gasteiger partial charge >= 0.3 is 0 Å². The van der Waals surface area contributed by atoms with Crippen molar-refractivity contribution in [2.45, 2.75) is 0 Å². The minimum Gasteiger partial charge on any atom is -0.436 e. The molecule has 3 heterocycles. The minimum absolute atomic E-state index is 0.547. The van der Waals surface area contributed by atoms with Gasteiger partial charge in [0.05, 0.1) is 5.56 Å². The van der Waals surface area contributed by atoms with E-state index in [9.17, 15) is 0 Å². The van der Waals surface area contributed by atoms with E-state index < -0.39 is 0 Å². The van der Waals surface area contributed by atoms with Crippen molar-refractivity contribution in [3.8, 4) is 56.7 Å². The molecule has 0 amide bonds. The van der Waals surface area contributed by atoms with Crippen LogP contribution in [0.3, 0.4) is 0 Å². The largest absolute Gasteiger partial charge is 0.436 e. The van der Waals surface area contributed by atoms with Crippen molar-refractivity contribution < 1.29 is 4.42 Å². The number of rotatable bonds is 5. The second-order valence-electron chi connectivity index (χ2n) is 13.4. The standard InChI is InChI=1S/C48H28N4OS/c1-3-14-30(15-4-1)37-26-33-19-9-10-20-34(33)27-39(37)46-50-45(35-24-23-29-13-7-8-18-32(29)25-35)51-47(52-46)42-43-40(53-48(49-43)31-16-5-2-6-17-31)28-38-36-21-11-12-22-41(36)54-44(38)42/h1-28H. The molecule has 0 unspecified atom stereocenters. The first-order chi connectivity index (χ1) is 26.7. The van der Waals surface area contributed by atoms with E-state index in [1.54, 1.807) is 11.3 Å². The molecule has 5 nitrogen and oxygen atoms in total. The lowest BCUT2D eigenvalue weighted by Crippen LogP contribution is -2.02. The molecular formula is C48H28N4OS.